The van der Waals surface area contributed by atoms with Gasteiger partial charge in [-0.25, -0.2) is 0 Å². The van der Waals surface area contributed by atoms with Crippen LogP contribution < -0.4 is 0 Å². The first-order chi connectivity index (χ1) is 5.21. The van der Waals surface area contributed by atoms with Crippen LogP contribution in [-0.4, -0.2) is 31.7 Å². The van der Waals surface area contributed by atoms with Gasteiger partial charge >= 0.3 is 0 Å². The summed E-state index contributed by atoms with van der Waals surface area (Å²) in [5, 5.41) is 0. The van der Waals surface area contributed by atoms with Gasteiger partial charge in [-0.3, -0.25) is 0 Å². The van der Waals surface area contributed by atoms with E-state index in [2.05, 4.69) is 26.2 Å². The summed E-state index contributed by atoms with van der Waals surface area (Å²) >= 11 is 0. The van der Waals surface area contributed by atoms with Gasteiger partial charge in [0, 0.05) is 0 Å². The molecule has 0 unspecified atom stereocenters. The van der Waals surface area contributed by atoms with Gasteiger partial charge in [-0.15, -0.1) is 0 Å². The highest BCUT2D eigenvalue weighted by Gasteiger charge is 2.17. The molecule has 0 spiro atoms. The molecule has 1 aliphatic carbocycles. The van der Waals surface area contributed by atoms with Crippen molar-refractivity contribution in [3.63, 3.8) is 0 Å². The quantitative estimate of drug-likeness (QED) is 0.370. The Morgan fingerprint density at radius 1 is 0.909 bits per heavy atom. The second-order valence-electron chi connectivity index (χ2n) is 4.15. The van der Waals surface area contributed by atoms with E-state index in [1.807, 2.05) is 0 Å². The molecule has 1 heteroatoms. The van der Waals surface area contributed by atoms with Crippen LogP contribution in [0.25, 0.3) is 0 Å². The van der Waals surface area contributed by atoms with E-state index in [1.54, 1.807) is 0 Å². The fourth-order valence-electron chi connectivity index (χ4n) is 1.37. The molecule has 0 aromatic heterocycles. The molecule has 64 valence electrons. The van der Waals surface area contributed by atoms with Gasteiger partial charge in [0.25, 0.3) is 0 Å². The fraction of sp³-hybridized carbons (Fsp3) is 0.800. The average Bonchev–Trinajstić information content (AvgIpc) is 2.70. The van der Waals surface area contributed by atoms with E-state index in [9.17, 15) is 0 Å². The lowest BCUT2D eigenvalue weighted by Gasteiger charge is -2.33. The molecule has 2 aliphatic rings. The molecule has 0 amide bonds. The highest BCUT2D eigenvalue weighted by atomic mass is 15.3. The maximum atomic E-state index is 2.32. The Labute approximate surface area is 70.3 Å². The molecule has 1 heterocycles. The first-order valence-electron chi connectivity index (χ1n) is 4.68. The molecule has 2 rings (SSSR count). The molecule has 0 aromatic carbocycles. The number of quaternary nitrogens is 1. The lowest BCUT2D eigenvalue weighted by atomic mass is 10.1. The van der Waals surface area contributed by atoms with Crippen molar-refractivity contribution in [2.75, 3.05) is 27.2 Å². The molecule has 0 bridgehead atoms. The van der Waals surface area contributed by atoms with Crippen molar-refractivity contribution in [1.82, 2.24) is 0 Å². The molecule has 0 atom stereocenters. The predicted octanol–water partition coefficient (Wildman–Crippen LogP) is 2.19. The summed E-state index contributed by atoms with van der Waals surface area (Å²) in [6.07, 6.45) is 9.84. The lowest BCUT2D eigenvalue weighted by Crippen LogP contribution is -2.43. The maximum absolute atomic E-state index is 2.32. The summed E-state index contributed by atoms with van der Waals surface area (Å²) < 4.78 is 1.25. The zero-order valence-electron chi connectivity index (χ0n) is 7.84. The fourth-order valence-corrected chi connectivity index (χ4v) is 1.37. The van der Waals surface area contributed by atoms with Crippen molar-refractivity contribution in [2.45, 2.75) is 25.7 Å². The SMILES string of the molecule is C1=CC1.C[N+]1(C)CCCCC1. The first-order valence-corrected chi connectivity index (χ1v) is 4.68. The van der Waals surface area contributed by atoms with Crippen LogP contribution >= 0.6 is 0 Å². The van der Waals surface area contributed by atoms with Gasteiger partial charge in [0.1, 0.15) is 0 Å². The van der Waals surface area contributed by atoms with E-state index < -0.39 is 0 Å². The molecule has 1 aliphatic heterocycles. The summed E-state index contributed by atoms with van der Waals surface area (Å²) in [5.41, 5.74) is 0. The van der Waals surface area contributed by atoms with E-state index in [4.69, 9.17) is 0 Å². The van der Waals surface area contributed by atoms with Crippen LogP contribution in [0.3, 0.4) is 0 Å². The van der Waals surface area contributed by atoms with Crippen molar-refractivity contribution in [3.05, 3.63) is 12.2 Å². The third-order valence-corrected chi connectivity index (χ3v) is 2.26. The molecule has 0 N–H and O–H groups in total. The number of nitrogens with zero attached hydrogens (tertiary/aromatic N) is 1. The Hall–Kier alpha value is -0.300. The van der Waals surface area contributed by atoms with E-state index in [0.29, 0.717) is 0 Å². The molecule has 1 saturated heterocycles. The van der Waals surface area contributed by atoms with Crippen LogP contribution in [0.1, 0.15) is 25.7 Å². The number of hydrogen-bond acceptors (Lipinski definition) is 0. The summed E-state index contributed by atoms with van der Waals surface area (Å²) in [4.78, 5) is 0. The van der Waals surface area contributed by atoms with E-state index in [0.717, 1.165) is 0 Å². The molecule has 0 saturated carbocycles. The molecule has 1 nitrogen and oxygen atoms in total. The lowest BCUT2D eigenvalue weighted by molar-refractivity contribution is -0.894. The normalized spacial score (nSPS) is 25.3. The molecule has 0 radical (unpaired) electrons. The molecular formula is C10H20N+. The van der Waals surface area contributed by atoms with Crippen LogP contribution in [0.15, 0.2) is 12.2 Å². The minimum Gasteiger partial charge on any atom is -0.328 e. The topological polar surface area (TPSA) is 0 Å². The summed E-state index contributed by atoms with van der Waals surface area (Å²) in [6.45, 7) is 2.78. The molecule has 1 fully saturated rings. The Morgan fingerprint density at radius 3 is 1.55 bits per heavy atom. The minimum atomic E-state index is 1.25. The Bertz CT molecular complexity index is 124. The van der Waals surface area contributed by atoms with Crippen molar-refractivity contribution in [2.24, 2.45) is 0 Å². The summed E-state index contributed by atoms with van der Waals surface area (Å²) in [7, 11) is 4.64. The zero-order valence-corrected chi connectivity index (χ0v) is 7.84. The standard InChI is InChI=1S/C7H16N.C3H4/c1-8(2)6-4-3-5-7-8;1-2-3-1/h3-7H2,1-2H3;1-2H,3H2/q+1;. The monoisotopic (exact) mass is 154 g/mol. The molecular weight excluding hydrogens is 134 g/mol. The van der Waals surface area contributed by atoms with Gasteiger partial charge in [0.2, 0.25) is 0 Å². The molecule has 11 heavy (non-hydrogen) atoms. The summed E-state index contributed by atoms with van der Waals surface area (Å²) in [5.74, 6) is 0. The van der Waals surface area contributed by atoms with E-state index in [-0.39, 0.29) is 0 Å². The van der Waals surface area contributed by atoms with Gasteiger partial charge in [-0.05, 0) is 25.7 Å². The number of likely N-dealkylation sites (tertiary alicyclic amines) is 1. The van der Waals surface area contributed by atoms with Crippen molar-refractivity contribution >= 4 is 0 Å². The smallest absolute Gasteiger partial charge is 0.0782 e. The van der Waals surface area contributed by atoms with Gasteiger partial charge in [-0.1, -0.05) is 12.2 Å². The maximum Gasteiger partial charge on any atom is 0.0782 e. The highest BCUT2D eigenvalue weighted by molar-refractivity contribution is 5.02. The number of rotatable bonds is 0. The van der Waals surface area contributed by atoms with Crippen LogP contribution in [0.2, 0.25) is 0 Å². The number of hydrogen-bond donors (Lipinski definition) is 0. The van der Waals surface area contributed by atoms with Crippen LogP contribution in [0, 0.1) is 0 Å². The Morgan fingerprint density at radius 2 is 1.36 bits per heavy atom. The van der Waals surface area contributed by atoms with Crippen LogP contribution in [0.5, 0.6) is 0 Å². The van der Waals surface area contributed by atoms with E-state index in [1.165, 1.54) is 43.3 Å². The van der Waals surface area contributed by atoms with Crippen molar-refractivity contribution in [3.8, 4) is 0 Å². The van der Waals surface area contributed by atoms with Gasteiger partial charge in [-0.2, -0.15) is 0 Å². The summed E-state index contributed by atoms with van der Waals surface area (Å²) in [6, 6.07) is 0. The largest absolute Gasteiger partial charge is 0.328 e. The third-order valence-electron chi connectivity index (χ3n) is 2.26. The van der Waals surface area contributed by atoms with Crippen LogP contribution in [0.4, 0.5) is 0 Å². The van der Waals surface area contributed by atoms with Gasteiger partial charge < -0.3 is 4.48 Å². The Kier molecular flexibility index (Phi) is 3.13. The molecule has 0 aromatic rings. The van der Waals surface area contributed by atoms with Gasteiger partial charge in [0.05, 0.1) is 27.2 Å². The highest BCUT2D eigenvalue weighted by Crippen LogP contribution is 2.12. The number of allylic oxidation sites excluding steroid dienone is 2. The van der Waals surface area contributed by atoms with Gasteiger partial charge in [0.15, 0.2) is 0 Å². The second kappa shape index (κ2) is 3.91. The van der Waals surface area contributed by atoms with Crippen molar-refractivity contribution in [1.29, 1.82) is 0 Å². The average molecular weight is 154 g/mol. The van der Waals surface area contributed by atoms with Crippen molar-refractivity contribution < 1.29 is 4.48 Å². The third kappa shape index (κ3) is 5.02. The Balaban J connectivity index is 0.000000167. The predicted molar refractivity (Wildman–Crippen MR) is 49.5 cm³/mol. The second-order valence-corrected chi connectivity index (χ2v) is 4.15. The number of piperidine rings is 1. The van der Waals surface area contributed by atoms with Crippen LogP contribution in [-0.2, 0) is 0 Å². The first kappa shape index (κ1) is 8.79. The van der Waals surface area contributed by atoms with E-state index >= 15 is 0 Å². The zero-order chi connectivity index (χ0) is 8.16. The minimum absolute atomic E-state index is 1.25.